The van der Waals surface area contributed by atoms with Gasteiger partial charge in [-0.2, -0.15) is 0 Å². The topological polar surface area (TPSA) is 44.8 Å². The Kier molecular flexibility index (Phi) is 4.79. The number of amides is 2. The summed E-state index contributed by atoms with van der Waals surface area (Å²) in [6, 6.07) is 5.00. The van der Waals surface area contributed by atoms with Crippen LogP contribution in [0.2, 0.25) is 0 Å². The second-order valence-electron chi connectivity index (χ2n) is 7.38. The smallest absolute Gasteiger partial charge is 0.321 e. The van der Waals surface area contributed by atoms with E-state index in [2.05, 4.69) is 10.2 Å². The fraction of sp³-hybridized carbons (Fsp3) is 0.632. The molecule has 3 fully saturated rings. The van der Waals surface area contributed by atoms with Crippen LogP contribution in [0.4, 0.5) is 14.9 Å². The van der Waals surface area contributed by atoms with Crippen LogP contribution in [0.3, 0.4) is 0 Å². The van der Waals surface area contributed by atoms with Crippen molar-refractivity contribution in [3.8, 4) is 5.75 Å². The average molecular weight is 347 g/mol. The lowest BCUT2D eigenvalue weighted by Crippen LogP contribution is -2.38. The van der Waals surface area contributed by atoms with Crippen molar-refractivity contribution < 1.29 is 13.9 Å². The van der Waals surface area contributed by atoms with E-state index in [9.17, 15) is 9.18 Å². The van der Waals surface area contributed by atoms with Gasteiger partial charge in [-0.15, -0.1) is 0 Å². The Bertz CT molecular complexity index is 629. The molecule has 5 nitrogen and oxygen atoms in total. The van der Waals surface area contributed by atoms with Gasteiger partial charge in [-0.25, -0.2) is 9.18 Å². The Morgan fingerprint density at radius 2 is 1.92 bits per heavy atom. The average Bonchev–Trinajstić information content (AvgIpc) is 3.23. The van der Waals surface area contributed by atoms with E-state index in [1.165, 1.54) is 18.9 Å². The van der Waals surface area contributed by atoms with Gasteiger partial charge >= 0.3 is 6.03 Å². The maximum absolute atomic E-state index is 14.2. The summed E-state index contributed by atoms with van der Waals surface area (Å²) in [5, 5.41) is 2.82. The molecule has 2 amide bonds. The van der Waals surface area contributed by atoms with Crippen LogP contribution in [0.15, 0.2) is 18.2 Å². The van der Waals surface area contributed by atoms with Gasteiger partial charge in [0, 0.05) is 30.9 Å². The van der Waals surface area contributed by atoms with E-state index < -0.39 is 5.82 Å². The summed E-state index contributed by atoms with van der Waals surface area (Å²) < 4.78 is 19.8. The number of carbonyl (C=O) groups excluding carboxylic acids is 1. The zero-order valence-electron chi connectivity index (χ0n) is 14.5. The van der Waals surface area contributed by atoms with Gasteiger partial charge in [0.1, 0.15) is 0 Å². The van der Waals surface area contributed by atoms with Crippen LogP contribution in [-0.2, 0) is 0 Å². The number of ether oxygens (including phenoxy) is 1. The van der Waals surface area contributed by atoms with Gasteiger partial charge in [0.15, 0.2) is 11.6 Å². The third-order valence-corrected chi connectivity index (χ3v) is 5.64. The van der Waals surface area contributed by atoms with Crippen molar-refractivity contribution in [3.05, 3.63) is 24.0 Å². The standard InChI is InChI=1S/C19H26FN3O2/c20-17-12-14(6-7-18(17)25-16-4-3-5-16)21-19(24)23-11-8-15(13-23)22-9-1-2-10-22/h6-7,12,15-16H,1-5,8-11,13H2,(H,21,24)/t15-/m1/s1. The van der Waals surface area contributed by atoms with Gasteiger partial charge in [-0.05, 0) is 63.7 Å². The summed E-state index contributed by atoms with van der Waals surface area (Å²) in [6.45, 7) is 3.82. The summed E-state index contributed by atoms with van der Waals surface area (Å²) in [7, 11) is 0. The third-order valence-electron chi connectivity index (χ3n) is 5.64. The Balaban J connectivity index is 1.32. The Morgan fingerprint density at radius 3 is 2.60 bits per heavy atom. The molecule has 25 heavy (non-hydrogen) atoms. The number of urea groups is 1. The minimum atomic E-state index is -0.416. The minimum Gasteiger partial charge on any atom is -0.487 e. The lowest BCUT2D eigenvalue weighted by atomic mass is 9.96. The second-order valence-corrected chi connectivity index (χ2v) is 7.38. The third kappa shape index (κ3) is 3.73. The first-order chi connectivity index (χ1) is 12.2. The van der Waals surface area contributed by atoms with Crippen LogP contribution in [0, 0.1) is 5.82 Å². The number of anilines is 1. The van der Waals surface area contributed by atoms with Crippen LogP contribution in [0.1, 0.15) is 38.5 Å². The number of hydrogen-bond donors (Lipinski definition) is 1. The van der Waals surface area contributed by atoms with Crippen molar-refractivity contribution in [3.63, 3.8) is 0 Å². The summed E-state index contributed by atoms with van der Waals surface area (Å²) in [4.78, 5) is 16.8. The van der Waals surface area contributed by atoms with Gasteiger partial charge in [0.2, 0.25) is 0 Å². The van der Waals surface area contributed by atoms with Crippen molar-refractivity contribution in [1.82, 2.24) is 9.80 Å². The molecule has 4 rings (SSSR count). The van der Waals surface area contributed by atoms with E-state index in [-0.39, 0.29) is 17.9 Å². The van der Waals surface area contributed by atoms with Crippen LogP contribution in [0.5, 0.6) is 5.75 Å². The molecule has 6 heteroatoms. The number of likely N-dealkylation sites (tertiary alicyclic amines) is 2. The molecule has 0 unspecified atom stereocenters. The molecule has 136 valence electrons. The summed E-state index contributed by atoms with van der Waals surface area (Å²) in [5.74, 6) is -0.140. The van der Waals surface area contributed by atoms with E-state index in [4.69, 9.17) is 4.74 Å². The monoisotopic (exact) mass is 347 g/mol. The van der Waals surface area contributed by atoms with Gasteiger partial charge in [-0.1, -0.05) is 0 Å². The molecule has 1 atom stereocenters. The second kappa shape index (κ2) is 7.20. The molecular weight excluding hydrogens is 321 g/mol. The van der Waals surface area contributed by atoms with Crippen LogP contribution >= 0.6 is 0 Å². The fourth-order valence-electron chi connectivity index (χ4n) is 3.88. The first-order valence-electron chi connectivity index (χ1n) is 9.45. The highest BCUT2D eigenvalue weighted by atomic mass is 19.1. The first-order valence-corrected chi connectivity index (χ1v) is 9.45. The quantitative estimate of drug-likeness (QED) is 0.907. The Hall–Kier alpha value is -1.82. The van der Waals surface area contributed by atoms with Crippen LogP contribution in [-0.4, -0.2) is 54.2 Å². The zero-order valence-corrected chi connectivity index (χ0v) is 14.5. The van der Waals surface area contributed by atoms with E-state index in [1.54, 1.807) is 12.1 Å². The molecule has 1 aromatic carbocycles. The van der Waals surface area contributed by atoms with E-state index in [0.29, 0.717) is 11.7 Å². The number of rotatable bonds is 4. The summed E-state index contributed by atoms with van der Waals surface area (Å²) in [5.41, 5.74) is 0.480. The molecule has 2 saturated heterocycles. The highest BCUT2D eigenvalue weighted by molar-refractivity contribution is 5.89. The molecule has 0 aromatic heterocycles. The minimum absolute atomic E-state index is 0.141. The number of halogens is 1. The fourth-order valence-corrected chi connectivity index (χ4v) is 3.88. The number of nitrogens with zero attached hydrogens (tertiary/aromatic N) is 2. The molecule has 1 aliphatic carbocycles. The molecule has 3 aliphatic rings. The lowest BCUT2D eigenvalue weighted by Gasteiger charge is -2.26. The van der Waals surface area contributed by atoms with Crippen molar-refractivity contribution >= 4 is 11.7 Å². The van der Waals surface area contributed by atoms with Gasteiger partial charge in [-0.3, -0.25) is 4.90 Å². The Labute approximate surface area is 148 Å². The van der Waals surface area contributed by atoms with E-state index >= 15 is 0 Å². The SMILES string of the molecule is O=C(Nc1ccc(OC2CCC2)c(F)c1)N1CC[C@@H](N2CCCC2)C1. The number of benzene rings is 1. The number of hydrogen-bond acceptors (Lipinski definition) is 3. The highest BCUT2D eigenvalue weighted by Gasteiger charge is 2.31. The molecule has 1 N–H and O–H groups in total. The van der Waals surface area contributed by atoms with Crippen molar-refractivity contribution in [2.24, 2.45) is 0 Å². The predicted molar refractivity (Wildman–Crippen MR) is 94.5 cm³/mol. The molecule has 1 aromatic rings. The Morgan fingerprint density at radius 1 is 1.12 bits per heavy atom. The highest BCUT2D eigenvalue weighted by Crippen LogP contribution is 2.29. The molecule has 0 bridgehead atoms. The molecule has 0 spiro atoms. The maximum atomic E-state index is 14.2. The van der Waals surface area contributed by atoms with Gasteiger partial charge in [0.25, 0.3) is 0 Å². The number of nitrogens with one attached hydrogen (secondary N) is 1. The molecule has 2 heterocycles. The van der Waals surface area contributed by atoms with E-state index in [0.717, 1.165) is 51.9 Å². The predicted octanol–water partition coefficient (Wildman–Crippen LogP) is 3.46. The van der Waals surface area contributed by atoms with Crippen LogP contribution in [0.25, 0.3) is 0 Å². The van der Waals surface area contributed by atoms with Crippen molar-refractivity contribution in [2.45, 2.75) is 50.7 Å². The van der Waals surface area contributed by atoms with Gasteiger partial charge in [0.05, 0.1) is 6.10 Å². The van der Waals surface area contributed by atoms with Crippen molar-refractivity contribution in [2.75, 3.05) is 31.5 Å². The van der Waals surface area contributed by atoms with Gasteiger partial charge < -0.3 is 15.0 Å². The number of carbonyl (C=O) groups is 1. The summed E-state index contributed by atoms with van der Waals surface area (Å²) >= 11 is 0. The molecular formula is C19H26FN3O2. The lowest BCUT2D eigenvalue weighted by molar-refractivity contribution is 0.115. The molecule has 1 saturated carbocycles. The summed E-state index contributed by atoms with van der Waals surface area (Å²) in [6.07, 6.45) is 6.82. The van der Waals surface area contributed by atoms with E-state index in [1.807, 2.05) is 4.90 Å². The first kappa shape index (κ1) is 16.6. The maximum Gasteiger partial charge on any atom is 0.321 e. The zero-order chi connectivity index (χ0) is 17.2. The molecule has 2 aliphatic heterocycles. The normalized spacial score (nSPS) is 24.4. The largest absolute Gasteiger partial charge is 0.487 e. The molecule has 0 radical (unpaired) electrons. The van der Waals surface area contributed by atoms with Crippen molar-refractivity contribution in [1.29, 1.82) is 0 Å². The van der Waals surface area contributed by atoms with Crippen LogP contribution < -0.4 is 10.1 Å².